The van der Waals surface area contributed by atoms with E-state index in [-0.39, 0.29) is 17.5 Å². The van der Waals surface area contributed by atoms with E-state index in [1.54, 1.807) is 36.1 Å². The molecular formula is C19H22ClN3O5S. The number of nitrogens with zero attached hydrogens (tertiary/aromatic N) is 2. The highest BCUT2D eigenvalue weighted by Crippen LogP contribution is 2.35. The molecule has 1 N–H and O–H groups in total. The summed E-state index contributed by atoms with van der Waals surface area (Å²) in [6.07, 6.45) is 2.00. The van der Waals surface area contributed by atoms with Crippen LogP contribution in [0.3, 0.4) is 0 Å². The third-order valence-corrected chi connectivity index (χ3v) is 7.89. The number of halogens is 1. The second-order valence-electron chi connectivity index (χ2n) is 8.02. The Morgan fingerprint density at radius 3 is 2.52 bits per heavy atom. The minimum atomic E-state index is -3.16. The molecule has 3 fully saturated rings. The van der Waals surface area contributed by atoms with Crippen molar-refractivity contribution < 1.29 is 22.8 Å². The molecule has 4 amide bonds. The van der Waals surface area contributed by atoms with E-state index in [0.29, 0.717) is 17.0 Å². The molecule has 1 aromatic rings. The van der Waals surface area contributed by atoms with Crippen LogP contribution in [0.1, 0.15) is 31.7 Å². The molecule has 2 atom stereocenters. The van der Waals surface area contributed by atoms with Gasteiger partial charge in [0.15, 0.2) is 9.84 Å². The summed E-state index contributed by atoms with van der Waals surface area (Å²) in [5.74, 6) is -0.963. The number of nitrogens with one attached hydrogen (secondary N) is 1. The number of hydrogen-bond donors (Lipinski definition) is 1. The molecule has 2 heterocycles. The van der Waals surface area contributed by atoms with Crippen LogP contribution in [0.25, 0.3) is 0 Å². The van der Waals surface area contributed by atoms with E-state index in [2.05, 4.69) is 5.32 Å². The van der Waals surface area contributed by atoms with Gasteiger partial charge < -0.3 is 10.2 Å². The molecule has 4 rings (SSSR count). The van der Waals surface area contributed by atoms with E-state index in [1.165, 1.54) is 0 Å². The van der Waals surface area contributed by atoms with Crippen LogP contribution < -0.4 is 5.32 Å². The molecule has 10 heteroatoms. The molecule has 8 nitrogen and oxygen atoms in total. The molecule has 0 spiro atoms. The van der Waals surface area contributed by atoms with Gasteiger partial charge in [0.2, 0.25) is 5.91 Å². The van der Waals surface area contributed by atoms with E-state index >= 15 is 0 Å². The Balaban J connectivity index is 1.54. The molecule has 29 heavy (non-hydrogen) atoms. The fourth-order valence-electron chi connectivity index (χ4n) is 4.16. The minimum absolute atomic E-state index is 0.0171. The lowest BCUT2D eigenvalue weighted by Crippen LogP contribution is -2.49. The number of carbonyl (C=O) groups excluding carboxylic acids is 3. The van der Waals surface area contributed by atoms with Crippen LogP contribution in [0.4, 0.5) is 4.79 Å². The van der Waals surface area contributed by atoms with Crippen LogP contribution in [0.15, 0.2) is 24.3 Å². The molecule has 156 valence electrons. The molecule has 2 saturated heterocycles. The largest absolute Gasteiger partial charge is 0.334 e. The number of benzene rings is 1. The van der Waals surface area contributed by atoms with E-state index in [9.17, 15) is 22.8 Å². The van der Waals surface area contributed by atoms with E-state index in [0.717, 1.165) is 17.7 Å². The highest BCUT2D eigenvalue weighted by atomic mass is 35.5. The summed E-state index contributed by atoms with van der Waals surface area (Å²) in [6, 6.07) is 5.65. The lowest BCUT2D eigenvalue weighted by Gasteiger charge is -2.30. The second kappa shape index (κ2) is 6.98. The number of carbonyl (C=O) groups is 3. The minimum Gasteiger partial charge on any atom is -0.334 e. The molecular weight excluding hydrogens is 418 g/mol. The van der Waals surface area contributed by atoms with Crippen molar-refractivity contribution in [2.75, 3.05) is 18.1 Å². The molecule has 0 radical (unpaired) electrons. The number of urea groups is 1. The first-order chi connectivity index (χ1) is 13.6. The van der Waals surface area contributed by atoms with Crippen molar-refractivity contribution in [2.45, 2.75) is 43.8 Å². The van der Waals surface area contributed by atoms with E-state index < -0.39 is 45.8 Å². The molecule has 1 aromatic carbocycles. The molecule has 0 unspecified atom stereocenters. The Morgan fingerprint density at radius 2 is 1.93 bits per heavy atom. The summed E-state index contributed by atoms with van der Waals surface area (Å²) in [7, 11) is -3.16. The highest BCUT2D eigenvalue weighted by molar-refractivity contribution is 7.91. The van der Waals surface area contributed by atoms with Gasteiger partial charge in [0.25, 0.3) is 5.91 Å². The maximum absolute atomic E-state index is 13.1. The van der Waals surface area contributed by atoms with Gasteiger partial charge in [-0.2, -0.15) is 0 Å². The monoisotopic (exact) mass is 439 g/mol. The average molecular weight is 440 g/mol. The number of hydrogen-bond acceptors (Lipinski definition) is 5. The topological polar surface area (TPSA) is 104 Å². The molecule has 3 aliphatic rings. The van der Waals surface area contributed by atoms with Gasteiger partial charge in [-0.05, 0) is 32.3 Å². The van der Waals surface area contributed by atoms with Crippen LogP contribution in [-0.2, 0) is 25.0 Å². The third kappa shape index (κ3) is 3.61. The Bertz CT molecular complexity index is 993. The summed E-state index contributed by atoms with van der Waals surface area (Å²) in [4.78, 5) is 41.1. The van der Waals surface area contributed by atoms with Gasteiger partial charge in [0, 0.05) is 22.7 Å². The van der Waals surface area contributed by atoms with Crippen LogP contribution in [-0.4, -0.2) is 66.2 Å². The second-order valence-corrected chi connectivity index (χ2v) is 10.7. The third-order valence-electron chi connectivity index (χ3n) is 5.81. The van der Waals surface area contributed by atoms with Crippen molar-refractivity contribution in [2.24, 2.45) is 0 Å². The first-order valence-corrected chi connectivity index (χ1v) is 11.7. The predicted molar refractivity (Wildman–Crippen MR) is 106 cm³/mol. The number of sulfone groups is 1. The van der Waals surface area contributed by atoms with Gasteiger partial charge in [-0.25, -0.2) is 13.2 Å². The van der Waals surface area contributed by atoms with E-state index in [4.69, 9.17) is 11.6 Å². The average Bonchev–Trinajstić information content (AvgIpc) is 3.37. The lowest BCUT2D eigenvalue weighted by molar-refractivity contribution is -0.140. The summed E-state index contributed by atoms with van der Waals surface area (Å²) in [6.45, 7) is 1.14. The van der Waals surface area contributed by atoms with Crippen molar-refractivity contribution in [1.29, 1.82) is 0 Å². The van der Waals surface area contributed by atoms with Gasteiger partial charge in [0.1, 0.15) is 12.1 Å². The Kier molecular flexibility index (Phi) is 4.85. The van der Waals surface area contributed by atoms with Crippen LogP contribution >= 0.6 is 11.6 Å². The maximum Gasteiger partial charge on any atom is 0.325 e. The molecule has 1 aliphatic carbocycles. The van der Waals surface area contributed by atoms with Crippen LogP contribution in [0.5, 0.6) is 0 Å². The predicted octanol–water partition coefficient (Wildman–Crippen LogP) is 1.29. The highest BCUT2D eigenvalue weighted by Gasteiger charge is 2.51. The lowest BCUT2D eigenvalue weighted by atomic mass is 9.92. The van der Waals surface area contributed by atoms with Crippen molar-refractivity contribution in [1.82, 2.24) is 15.1 Å². The SMILES string of the molecule is C[C@@]1(c2ccccc2Cl)NC(=O)N(CC(=O)N(C2CC2)[C@@H]2CCS(=O)(=O)C2)C1=O. The van der Waals surface area contributed by atoms with E-state index in [1.807, 2.05) is 0 Å². The van der Waals surface area contributed by atoms with Crippen LogP contribution in [0, 0.1) is 0 Å². The normalized spacial score (nSPS) is 28.5. The zero-order valence-electron chi connectivity index (χ0n) is 15.9. The molecule has 0 aromatic heterocycles. The fourth-order valence-corrected chi connectivity index (χ4v) is 6.20. The number of rotatable bonds is 5. The Hall–Kier alpha value is -2.13. The van der Waals surface area contributed by atoms with Gasteiger partial charge >= 0.3 is 6.03 Å². The van der Waals surface area contributed by atoms with Gasteiger partial charge in [0.05, 0.1) is 11.5 Å². The maximum atomic E-state index is 13.1. The smallest absolute Gasteiger partial charge is 0.325 e. The van der Waals surface area contributed by atoms with Gasteiger partial charge in [-0.3, -0.25) is 14.5 Å². The first kappa shape index (κ1) is 20.2. The fraction of sp³-hybridized carbons (Fsp3) is 0.526. The Labute approximate surface area is 174 Å². The summed E-state index contributed by atoms with van der Waals surface area (Å²) >= 11 is 6.22. The molecule has 2 aliphatic heterocycles. The summed E-state index contributed by atoms with van der Waals surface area (Å²) in [5.41, 5.74) is -0.910. The van der Waals surface area contributed by atoms with Gasteiger partial charge in [-0.15, -0.1) is 0 Å². The molecule has 1 saturated carbocycles. The van der Waals surface area contributed by atoms with Crippen molar-refractivity contribution in [3.05, 3.63) is 34.9 Å². The zero-order valence-corrected chi connectivity index (χ0v) is 17.5. The number of amides is 4. The van der Waals surface area contributed by atoms with Crippen molar-refractivity contribution >= 4 is 39.3 Å². The van der Waals surface area contributed by atoms with Crippen LogP contribution in [0.2, 0.25) is 5.02 Å². The Morgan fingerprint density at radius 1 is 1.24 bits per heavy atom. The molecule has 0 bridgehead atoms. The summed E-state index contributed by atoms with van der Waals surface area (Å²) in [5, 5.41) is 2.99. The first-order valence-electron chi connectivity index (χ1n) is 9.53. The quantitative estimate of drug-likeness (QED) is 0.696. The zero-order chi connectivity index (χ0) is 21.0. The van der Waals surface area contributed by atoms with Crippen molar-refractivity contribution in [3.63, 3.8) is 0 Å². The number of imide groups is 1. The summed E-state index contributed by atoms with van der Waals surface area (Å²) < 4.78 is 23.7. The standard InChI is InChI=1S/C19H22ClN3O5S/c1-19(14-4-2-3-5-15(14)20)17(25)22(18(26)21-19)10-16(24)23(12-6-7-12)13-8-9-29(27,28)11-13/h2-5,12-13H,6-11H2,1H3,(H,21,26)/t13-,19+/m1/s1. The van der Waals surface area contributed by atoms with Gasteiger partial charge in [-0.1, -0.05) is 29.8 Å². The van der Waals surface area contributed by atoms with Crippen molar-refractivity contribution in [3.8, 4) is 0 Å².